The summed E-state index contributed by atoms with van der Waals surface area (Å²) in [6.07, 6.45) is 1.78. The van der Waals surface area contributed by atoms with E-state index in [1.165, 1.54) is 0 Å². The second kappa shape index (κ2) is 10.4. The first-order valence-corrected chi connectivity index (χ1v) is 12.2. The summed E-state index contributed by atoms with van der Waals surface area (Å²) >= 11 is 0. The topological polar surface area (TPSA) is 59.2 Å². The van der Waals surface area contributed by atoms with Crippen LogP contribution in [0.15, 0.2) is 114 Å². The SMILES string of the molecule is CC(C)(c1ccccc1)c1cccc(-c2nc3c(-c4[c-]c(-c5ccccn5)ccc4)cccc3o2)c1O.[Pt]. The van der Waals surface area contributed by atoms with Gasteiger partial charge < -0.3 is 9.52 Å². The summed E-state index contributed by atoms with van der Waals surface area (Å²) in [7, 11) is 0. The Kier molecular flexibility index (Phi) is 7.01. The Balaban J connectivity index is 0.00000294. The molecule has 2 heterocycles. The van der Waals surface area contributed by atoms with Crippen LogP contribution >= 0.6 is 0 Å². The van der Waals surface area contributed by atoms with E-state index in [-0.39, 0.29) is 26.8 Å². The molecule has 0 aliphatic rings. The van der Waals surface area contributed by atoms with Crippen molar-refractivity contribution < 1.29 is 30.6 Å². The summed E-state index contributed by atoms with van der Waals surface area (Å²) in [6.45, 7) is 4.21. The number of aromatic hydroxyl groups is 1. The normalized spacial score (nSPS) is 11.3. The van der Waals surface area contributed by atoms with E-state index >= 15 is 0 Å². The number of oxazole rings is 1. The van der Waals surface area contributed by atoms with Crippen LogP contribution < -0.4 is 0 Å². The zero-order chi connectivity index (χ0) is 25.4. The number of benzene rings is 4. The molecule has 0 atom stereocenters. The Morgan fingerprint density at radius 2 is 1.45 bits per heavy atom. The van der Waals surface area contributed by atoms with Crippen molar-refractivity contribution in [3.63, 3.8) is 0 Å². The third-order valence-corrected chi connectivity index (χ3v) is 6.88. The van der Waals surface area contributed by atoms with E-state index < -0.39 is 5.41 Å². The molecular weight excluding hydrogens is 651 g/mol. The van der Waals surface area contributed by atoms with Crippen LogP contribution in [0.2, 0.25) is 0 Å². The molecule has 0 aliphatic heterocycles. The van der Waals surface area contributed by atoms with Crippen molar-refractivity contribution in [3.8, 4) is 39.6 Å². The second-order valence-corrected chi connectivity index (χ2v) is 9.56. The first kappa shape index (κ1) is 25.6. The van der Waals surface area contributed by atoms with Gasteiger partial charge in [-0.15, -0.1) is 29.8 Å². The fourth-order valence-corrected chi connectivity index (χ4v) is 4.81. The van der Waals surface area contributed by atoms with Crippen LogP contribution in [-0.2, 0) is 26.5 Å². The maximum atomic E-state index is 11.4. The number of hydrogen-bond donors (Lipinski definition) is 1. The van der Waals surface area contributed by atoms with Crippen LogP contribution in [0.3, 0.4) is 0 Å². The van der Waals surface area contributed by atoms with Crippen molar-refractivity contribution in [1.82, 2.24) is 9.97 Å². The molecule has 0 saturated carbocycles. The van der Waals surface area contributed by atoms with Crippen molar-refractivity contribution in [3.05, 3.63) is 127 Å². The second-order valence-electron chi connectivity index (χ2n) is 9.56. The van der Waals surface area contributed by atoms with Gasteiger partial charge in [0.15, 0.2) is 0 Å². The molecule has 0 bridgehead atoms. The van der Waals surface area contributed by atoms with Crippen molar-refractivity contribution in [2.24, 2.45) is 0 Å². The molecule has 0 aliphatic carbocycles. The monoisotopic (exact) mass is 676 g/mol. The van der Waals surface area contributed by atoms with Crippen molar-refractivity contribution >= 4 is 11.1 Å². The van der Waals surface area contributed by atoms with Crippen molar-refractivity contribution in [2.45, 2.75) is 19.3 Å². The molecule has 0 amide bonds. The molecule has 190 valence electrons. The number of rotatable bonds is 5. The van der Waals surface area contributed by atoms with Crippen LogP contribution in [0.1, 0.15) is 25.0 Å². The van der Waals surface area contributed by atoms with Gasteiger partial charge in [0.05, 0.1) is 11.1 Å². The maximum absolute atomic E-state index is 11.4. The molecule has 4 nitrogen and oxygen atoms in total. The van der Waals surface area contributed by atoms with E-state index in [0.29, 0.717) is 17.0 Å². The quantitative estimate of drug-likeness (QED) is 0.188. The zero-order valence-corrected chi connectivity index (χ0v) is 23.2. The van der Waals surface area contributed by atoms with Crippen LogP contribution in [0.25, 0.3) is 44.9 Å². The predicted octanol–water partition coefficient (Wildman–Crippen LogP) is 8.05. The van der Waals surface area contributed by atoms with Crippen LogP contribution in [0.5, 0.6) is 5.75 Å². The van der Waals surface area contributed by atoms with Gasteiger partial charge in [0, 0.05) is 43.9 Å². The average Bonchev–Trinajstić information content (AvgIpc) is 3.38. The fraction of sp³-hybridized carbons (Fsp3) is 0.0909. The van der Waals surface area contributed by atoms with E-state index in [1.807, 2.05) is 91.0 Å². The number of hydrogen-bond acceptors (Lipinski definition) is 4. The molecule has 38 heavy (non-hydrogen) atoms. The van der Waals surface area contributed by atoms with Gasteiger partial charge in [-0.2, -0.15) is 0 Å². The third-order valence-electron chi connectivity index (χ3n) is 6.88. The largest absolute Gasteiger partial charge is 0.507 e. The van der Waals surface area contributed by atoms with Gasteiger partial charge in [0.1, 0.15) is 11.3 Å². The molecule has 0 saturated heterocycles. The number of phenols is 1. The number of aromatic nitrogens is 2. The van der Waals surface area contributed by atoms with Crippen LogP contribution in [0.4, 0.5) is 0 Å². The summed E-state index contributed by atoms with van der Waals surface area (Å²) in [5, 5.41) is 11.4. The molecule has 0 fully saturated rings. The van der Waals surface area contributed by atoms with Crippen molar-refractivity contribution in [1.29, 1.82) is 0 Å². The Bertz CT molecular complexity index is 1710. The third kappa shape index (κ3) is 4.57. The Labute approximate surface area is 236 Å². The van der Waals surface area contributed by atoms with Gasteiger partial charge in [-0.3, -0.25) is 4.98 Å². The number of para-hydroxylation sites is 2. The van der Waals surface area contributed by atoms with Crippen molar-refractivity contribution in [2.75, 3.05) is 0 Å². The molecular formula is C33H25N2O2Pt-. The predicted molar refractivity (Wildman–Crippen MR) is 147 cm³/mol. The van der Waals surface area contributed by atoms with E-state index in [0.717, 1.165) is 39.0 Å². The molecule has 5 heteroatoms. The minimum absolute atomic E-state index is 0. The number of phenolic OH excluding ortho intramolecular Hbond substituents is 1. The van der Waals surface area contributed by atoms with Gasteiger partial charge in [-0.1, -0.05) is 91.7 Å². The Morgan fingerprint density at radius 1 is 0.737 bits per heavy atom. The van der Waals surface area contributed by atoms with E-state index in [1.54, 1.807) is 6.20 Å². The van der Waals surface area contributed by atoms with Gasteiger partial charge in [-0.25, -0.2) is 4.98 Å². The van der Waals surface area contributed by atoms with Gasteiger partial charge in [-0.05, 0) is 23.8 Å². The number of pyridine rings is 1. The first-order chi connectivity index (χ1) is 18.0. The minimum Gasteiger partial charge on any atom is -0.507 e. The maximum Gasteiger partial charge on any atom is 0.230 e. The molecule has 6 aromatic rings. The molecule has 0 radical (unpaired) electrons. The standard InChI is InChI=1S/C33H25N2O2.Pt/c1-33(2,24-13-4-3-5-14-24)27-17-9-16-26(31(27)36)32-35-30-25(15-10-19-29(30)37-32)22-11-8-12-23(21-22)28-18-6-7-20-34-28;/h3-20,36H,1-2H3;/q-1;. The van der Waals surface area contributed by atoms with Crippen LogP contribution in [-0.4, -0.2) is 15.1 Å². The summed E-state index contributed by atoms with van der Waals surface area (Å²) in [6, 6.07) is 37.1. The molecule has 6 rings (SSSR count). The Hall–Kier alpha value is -4.01. The average molecular weight is 677 g/mol. The summed E-state index contributed by atoms with van der Waals surface area (Å²) < 4.78 is 6.19. The summed E-state index contributed by atoms with van der Waals surface area (Å²) in [4.78, 5) is 9.31. The molecule has 0 unspecified atom stereocenters. The summed E-state index contributed by atoms with van der Waals surface area (Å²) in [5.41, 5.74) is 7.04. The molecule has 2 aromatic heterocycles. The van der Waals surface area contributed by atoms with Crippen LogP contribution in [0, 0.1) is 6.07 Å². The number of nitrogens with zero attached hydrogens (tertiary/aromatic N) is 2. The molecule has 0 spiro atoms. The first-order valence-electron chi connectivity index (χ1n) is 12.2. The molecule has 1 N–H and O–H groups in total. The smallest absolute Gasteiger partial charge is 0.230 e. The van der Waals surface area contributed by atoms with Gasteiger partial charge in [0.2, 0.25) is 5.89 Å². The van der Waals surface area contributed by atoms with E-state index in [9.17, 15) is 5.11 Å². The van der Waals surface area contributed by atoms with Gasteiger partial charge in [0.25, 0.3) is 0 Å². The van der Waals surface area contributed by atoms with Gasteiger partial charge >= 0.3 is 0 Å². The van der Waals surface area contributed by atoms with E-state index in [4.69, 9.17) is 9.40 Å². The summed E-state index contributed by atoms with van der Waals surface area (Å²) in [5.74, 6) is 0.555. The van der Waals surface area contributed by atoms with E-state index in [2.05, 4.69) is 37.0 Å². The fourth-order valence-electron chi connectivity index (χ4n) is 4.81. The minimum atomic E-state index is -0.403. The number of fused-ring (bicyclic) bond motifs is 1. The Morgan fingerprint density at radius 3 is 2.24 bits per heavy atom. The molecule has 4 aromatic carbocycles. The zero-order valence-electron chi connectivity index (χ0n) is 21.0.